The molecule has 5 rings (SSSR count). The van der Waals surface area contributed by atoms with E-state index in [-0.39, 0.29) is 11.7 Å². The van der Waals surface area contributed by atoms with E-state index in [4.69, 9.17) is 20.9 Å². The van der Waals surface area contributed by atoms with Gasteiger partial charge in [0.2, 0.25) is 0 Å². The summed E-state index contributed by atoms with van der Waals surface area (Å²) in [6.07, 6.45) is 5.74. The Balaban J connectivity index is 1.30. The molecule has 2 fully saturated rings. The van der Waals surface area contributed by atoms with Gasteiger partial charge in [0, 0.05) is 23.2 Å². The smallest absolute Gasteiger partial charge is 0.335 e. The van der Waals surface area contributed by atoms with Crippen LogP contribution >= 0.6 is 11.6 Å². The lowest BCUT2D eigenvalue weighted by molar-refractivity contribution is -0.0662. The van der Waals surface area contributed by atoms with E-state index in [1.807, 2.05) is 25.1 Å². The molecule has 0 aliphatic heterocycles. The molecule has 0 bridgehead atoms. The zero-order valence-electron chi connectivity index (χ0n) is 19.0. The Bertz CT molecular complexity index is 1190. The molecule has 0 unspecified atom stereocenters. The number of halogens is 1. The second-order valence-electron chi connectivity index (χ2n) is 9.36. The fourth-order valence-electron chi connectivity index (χ4n) is 4.77. The van der Waals surface area contributed by atoms with Crippen LogP contribution in [0, 0.1) is 6.92 Å². The Morgan fingerprint density at radius 2 is 2.00 bits per heavy atom. The summed E-state index contributed by atoms with van der Waals surface area (Å²) in [7, 11) is 0. The van der Waals surface area contributed by atoms with Gasteiger partial charge in [-0.25, -0.2) is 4.79 Å². The number of aliphatic hydroxyl groups is 1. The van der Waals surface area contributed by atoms with Crippen molar-refractivity contribution >= 4 is 17.6 Å². The highest BCUT2D eigenvalue weighted by Gasteiger charge is 2.38. The second kappa shape index (κ2) is 9.13. The molecular weight excluding hydrogens is 456 g/mol. The fraction of sp³-hybridized carbons (Fsp3) is 0.423. The van der Waals surface area contributed by atoms with Crippen molar-refractivity contribution in [3.63, 3.8) is 0 Å². The number of aromatic carboxylic acids is 1. The van der Waals surface area contributed by atoms with Crippen molar-refractivity contribution in [3.05, 3.63) is 69.7 Å². The maximum atomic E-state index is 11.3. The standard InChI is InChI=1S/C26H27ClN2O5/c1-15-3-2-4-20(27)22(15)23-19(24(34-29-23)16-5-6-16)14-33-18-7-10-26(32,11-8-18)21-13-17(25(30)31)9-12-28-21/h2-4,9,12-13,16,18,32H,5-8,10-11,14H2,1H3,(H,30,31)/t18-,26+. The van der Waals surface area contributed by atoms with Gasteiger partial charge in [-0.15, -0.1) is 0 Å². The summed E-state index contributed by atoms with van der Waals surface area (Å²) in [5, 5.41) is 25.4. The van der Waals surface area contributed by atoms with E-state index in [1.165, 1.54) is 18.3 Å². The van der Waals surface area contributed by atoms with Gasteiger partial charge in [0.15, 0.2) is 0 Å². The third-order valence-electron chi connectivity index (χ3n) is 6.93. The lowest BCUT2D eigenvalue weighted by Gasteiger charge is -2.35. The van der Waals surface area contributed by atoms with Gasteiger partial charge in [-0.05, 0) is 69.2 Å². The highest BCUT2D eigenvalue weighted by Crippen LogP contribution is 2.46. The highest BCUT2D eigenvalue weighted by atomic mass is 35.5. The van der Waals surface area contributed by atoms with Crippen LogP contribution in [-0.2, 0) is 16.9 Å². The molecule has 8 heteroatoms. The predicted octanol–water partition coefficient (Wildman–Crippen LogP) is 5.62. The van der Waals surface area contributed by atoms with Crippen LogP contribution in [0.5, 0.6) is 0 Å². The molecule has 0 spiro atoms. The zero-order chi connectivity index (χ0) is 23.9. The van der Waals surface area contributed by atoms with Crippen LogP contribution in [0.15, 0.2) is 41.1 Å². The maximum absolute atomic E-state index is 11.3. The number of benzene rings is 1. The Morgan fingerprint density at radius 1 is 1.24 bits per heavy atom. The summed E-state index contributed by atoms with van der Waals surface area (Å²) in [5.41, 5.74) is 2.98. The highest BCUT2D eigenvalue weighted by molar-refractivity contribution is 6.33. The quantitative estimate of drug-likeness (QED) is 0.450. The van der Waals surface area contributed by atoms with Crippen LogP contribution < -0.4 is 0 Å². The van der Waals surface area contributed by atoms with Gasteiger partial charge < -0.3 is 19.5 Å². The molecule has 2 aromatic heterocycles. The van der Waals surface area contributed by atoms with Crippen molar-refractivity contribution in [3.8, 4) is 11.3 Å². The Hall–Kier alpha value is -2.74. The van der Waals surface area contributed by atoms with E-state index in [2.05, 4.69) is 10.1 Å². The number of nitrogens with zero attached hydrogens (tertiary/aromatic N) is 2. The Kier molecular flexibility index (Phi) is 6.18. The molecule has 0 radical (unpaired) electrons. The molecule has 2 saturated carbocycles. The van der Waals surface area contributed by atoms with Crippen LogP contribution in [0.4, 0.5) is 0 Å². The van der Waals surface area contributed by atoms with Crippen molar-refractivity contribution in [2.75, 3.05) is 0 Å². The number of ether oxygens (including phenoxy) is 1. The van der Waals surface area contributed by atoms with Crippen molar-refractivity contribution in [2.24, 2.45) is 0 Å². The third-order valence-corrected chi connectivity index (χ3v) is 7.25. The molecule has 0 amide bonds. The first-order valence-electron chi connectivity index (χ1n) is 11.6. The number of aromatic nitrogens is 2. The summed E-state index contributed by atoms with van der Waals surface area (Å²) >= 11 is 6.52. The van der Waals surface area contributed by atoms with E-state index < -0.39 is 11.6 Å². The zero-order valence-corrected chi connectivity index (χ0v) is 19.7. The van der Waals surface area contributed by atoms with E-state index in [0.717, 1.165) is 41.0 Å². The van der Waals surface area contributed by atoms with Gasteiger partial charge in [0.25, 0.3) is 0 Å². The average molecular weight is 483 g/mol. The van der Waals surface area contributed by atoms with E-state index >= 15 is 0 Å². The van der Waals surface area contributed by atoms with Crippen LogP contribution in [0.2, 0.25) is 5.02 Å². The Morgan fingerprint density at radius 3 is 2.68 bits per heavy atom. The number of aryl methyl sites for hydroxylation is 1. The number of rotatable bonds is 7. The number of carboxylic acid groups (broad SMARTS) is 1. The normalized spacial score (nSPS) is 22.6. The van der Waals surface area contributed by atoms with Gasteiger partial charge in [0.05, 0.1) is 29.0 Å². The summed E-state index contributed by atoms with van der Waals surface area (Å²) in [5.74, 6) is 0.233. The van der Waals surface area contributed by atoms with Gasteiger partial charge in [-0.2, -0.15) is 0 Å². The molecule has 178 valence electrons. The number of carboxylic acids is 1. The molecule has 2 N–H and O–H groups in total. The van der Waals surface area contributed by atoms with Gasteiger partial charge in [-0.3, -0.25) is 4.98 Å². The summed E-state index contributed by atoms with van der Waals surface area (Å²) in [4.78, 5) is 15.5. The van der Waals surface area contributed by atoms with Crippen molar-refractivity contribution in [1.82, 2.24) is 10.1 Å². The van der Waals surface area contributed by atoms with Crippen LogP contribution in [-0.4, -0.2) is 32.4 Å². The maximum Gasteiger partial charge on any atom is 0.335 e. The van der Waals surface area contributed by atoms with Gasteiger partial charge in [0.1, 0.15) is 17.1 Å². The second-order valence-corrected chi connectivity index (χ2v) is 9.76. The molecule has 2 heterocycles. The largest absolute Gasteiger partial charge is 0.478 e. The first kappa shape index (κ1) is 23.0. The number of hydrogen-bond acceptors (Lipinski definition) is 6. The van der Waals surface area contributed by atoms with Gasteiger partial charge >= 0.3 is 5.97 Å². The predicted molar refractivity (Wildman–Crippen MR) is 126 cm³/mol. The topological polar surface area (TPSA) is 106 Å². The molecule has 1 aromatic carbocycles. The molecule has 3 aromatic rings. The third kappa shape index (κ3) is 4.48. The SMILES string of the molecule is Cc1cccc(Cl)c1-c1noc(C2CC2)c1CO[C@H]1CC[C@](O)(c2cc(C(=O)O)ccn2)CC1. The monoisotopic (exact) mass is 482 g/mol. The fourth-order valence-corrected chi connectivity index (χ4v) is 5.08. The lowest BCUT2D eigenvalue weighted by Crippen LogP contribution is -2.35. The minimum Gasteiger partial charge on any atom is -0.478 e. The molecular formula is C26H27ClN2O5. The molecule has 0 atom stereocenters. The van der Waals surface area contributed by atoms with Gasteiger partial charge in [-0.1, -0.05) is 28.9 Å². The lowest BCUT2D eigenvalue weighted by atomic mass is 9.80. The first-order chi connectivity index (χ1) is 16.4. The summed E-state index contributed by atoms with van der Waals surface area (Å²) in [6, 6.07) is 8.67. The molecule has 2 aliphatic carbocycles. The molecule has 34 heavy (non-hydrogen) atoms. The number of pyridine rings is 1. The van der Waals surface area contributed by atoms with E-state index in [9.17, 15) is 15.0 Å². The van der Waals surface area contributed by atoms with Crippen molar-refractivity contribution < 1.29 is 24.3 Å². The van der Waals surface area contributed by atoms with Crippen LogP contribution in [0.1, 0.15) is 77.4 Å². The van der Waals surface area contributed by atoms with E-state index in [1.54, 1.807) is 0 Å². The number of hydrogen-bond donors (Lipinski definition) is 2. The van der Waals surface area contributed by atoms with Crippen LogP contribution in [0.3, 0.4) is 0 Å². The summed E-state index contributed by atoms with van der Waals surface area (Å²) < 4.78 is 12.1. The van der Waals surface area contributed by atoms with Crippen LogP contribution in [0.25, 0.3) is 11.3 Å². The minimum absolute atomic E-state index is 0.0370. The summed E-state index contributed by atoms with van der Waals surface area (Å²) in [6.45, 7) is 2.37. The minimum atomic E-state index is -1.15. The van der Waals surface area contributed by atoms with Crippen molar-refractivity contribution in [2.45, 2.75) is 69.7 Å². The molecule has 0 saturated heterocycles. The van der Waals surface area contributed by atoms with Crippen molar-refractivity contribution in [1.29, 1.82) is 0 Å². The molecule has 2 aliphatic rings. The first-order valence-corrected chi connectivity index (χ1v) is 12.0. The average Bonchev–Trinajstić information content (AvgIpc) is 3.59. The Labute approximate surface area is 202 Å². The molecule has 7 nitrogen and oxygen atoms in total. The van der Waals surface area contributed by atoms with E-state index in [0.29, 0.717) is 48.9 Å². The number of carbonyl (C=O) groups is 1.